The van der Waals surface area contributed by atoms with Gasteiger partial charge in [0.05, 0.1) is 25.4 Å². The molecule has 2 aliphatic rings. The first-order chi connectivity index (χ1) is 11.7. The molecule has 1 saturated carbocycles. The van der Waals surface area contributed by atoms with Crippen LogP contribution in [0.5, 0.6) is 0 Å². The minimum atomic E-state index is 0.0464. The number of rotatable bonds is 8. The highest BCUT2D eigenvalue weighted by molar-refractivity contribution is 5.91. The molecule has 3 rings (SSSR count). The molecule has 2 fully saturated rings. The van der Waals surface area contributed by atoms with Crippen molar-refractivity contribution in [2.45, 2.75) is 25.8 Å². The molecule has 1 aliphatic carbocycles. The summed E-state index contributed by atoms with van der Waals surface area (Å²) in [5.74, 6) is 1.57. The van der Waals surface area contributed by atoms with Crippen LogP contribution in [-0.4, -0.2) is 78.5 Å². The lowest BCUT2D eigenvalue weighted by molar-refractivity contribution is -0.117. The van der Waals surface area contributed by atoms with Gasteiger partial charge in [0.25, 0.3) is 0 Å². The summed E-state index contributed by atoms with van der Waals surface area (Å²) < 4.78 is 7.08. The van der Waals surface area contributed by atoms with E-state index in [1.165, 1.54) is 12.8 Å². The smallest absolute Gasteiger partial charge is 0.239 e. The highest BCUT2D eigenvalue weighted by atomic mass is 16.5. The number of nitrogens with zero attached hydrogens (tertiary/aromatic N) is 4. The van der Waals surface area contributed by atoms with Gasteiger partial charge in [-0.3, -0.25) is 14.6 Å². The van der Waals surface area contributed by atoms with E-state index in [2.05, 4.69) is 27.1 Å². The summed E-state index contributed by atoms with van der Waals surface area (Å²) in [6.07, 6.45) is 4.30. The Labute approximate surface area is 143 Å². The second-order valence-corrected chi connectivity index (χ2v) is 6.90. The molecule has 1 aromatic heterocycles. The monoisotopic (exact) mass is 335 g/mol. The third-order valence-electron chi connectivity index (χ3n) is 5.07. The largest absolute Gasteiger partial charge is 0.383 e. The fourth-order valence-corrected chi connectivity index (χ4v) is 3.29. The Bertz CT molecular complexity index is 535. The summed E-state index contributed by atoms with van der Waals surface area (Å²) in [5.41, 5.74) is 0. The van der Waals surface area contributed by atoms with E-state index in [-0.39, 0.29) is 5.91 Å². The van der Waals surface area contributed by atoms with E-state index in [0.29, 0.717) is 18.5 Å². The third kappa shape index (κ3) is 4.55. The van der Waals surface area contributed by atoms with Gasteiger partial charge in [0.1, 0.15) is 5.82 Å². The summed E-state index contributed by atoms with van der Waals surface area (Å²) in [7, 11) is 1.73. The van der Waals surface area contributed by atoms with Crippen molar-refractivity contribution < 1.29 is 9.53 Å². The average Bonchev–Trinajstić information content (AvgIpc) is 3.33. The maximum absolute atomic E-state index is 12.4. The standard InChI is InChI=1S/C17H29N5O2/c1-14(15-3-4-15)22-16(5-6-18-22)19-17(23)13-21-9-7-20(8-10-21)11-12-24-2/h5-6,14-15H,3-4,7-13H2,1-2H3,(H,19,23)/t14-/m1/s1. The van der Waals surface area contributed by atoms with Crippen LogP contribution in [0.4, 0.5) is 5.82 Å². The predicted octanol–water partition coefficient (Wildman–Crippen LogP) is 1.06. The highest BCUT2D eigenvalue weighted by Crippen LogP contribution is 2.40. The van der Waals surface area contributed by atoms with Crippen molar-refractivity contribution in [3.8, 4) is 0 Å². The molecule has 1 atom stereocenters. The molecule has 0 bridgehead atoms. The van der Waals surface area contributed by atoms with Crippen LogP contribution in [0, 0.1) is 5.92 Å². The van der Waals surface area contributed by atoms with Crippen LogP contribution in [-0.2, 0) is 9.53 Å². The first kappa shape index (κ1) is 17.4. The van der Waals surface area contributed by atoms with Gasteiger partial charge in [-0.2, -0.15) is 5.10 Å². The Kier molecular flexibility index (Phi) is 5.86. The number of carbonyl (C=O) groups is 1. The number of nitrogens with one attached hydrogen (secondary N) is 1. The van der Waals surface area contributed by atoms with E-state index in [4.69, 9.17) is 4.74 Å². The van der Waals surface area contributed by atoms with Gasteiger partial charge in [0.2, 0.25) is 5.91 Å². The van der Waals surface area contributed by atoms with Crippen molar-refractivity contribution in [2.24, 2.45) is 5.92 Å². The van der Waals surface area contributed by atoms with Gasteiger partial charge < -0.3 is 10.1 Å². The van der Waals surface area contributed by atoms with Crippen molar-refractivity contribution in [3.63, 3.8) is 0 Å². The molecule has 7 nitrogen and oxygen atoms in total. The molecule has 0 aromatic carbocycles. The average molecular weight is 335 g/mol. The molecule has 1 aromatic rings. The lowest BCUT2D eigenvalue weighted by atomic mass is 10.2. The van der Waals surface area contributed by atoms with Crippen molar-refractivity contribution >= 4 is 11.7 Å². The van der Waals surface area contributed by atoms with Crippen LogP contribution in [0.1, 0.15) is 25.8 Å². The molecule has 2 heterocycles. The summed E-state index contributed by atoms with van der Waals surface area (Å²) in [6.45, 7) is 8.20. The van der Waals surface area contributed by atoms with Crippen molar-refractivity contribution in [1.82, 2.24) is 19.6 Å². The number of hydrogen-bond donors (Lipinski definition) is 1. The molecular weight excluding hydrogens is 306 g/mol. The quantitative estimate of drug-likeness (QED) is 0.770. The predicted molar refractivity (Wildman–Crippen MR) is 93.0 cm³/mol. The van der Waals surface area contributed by atoms with Crippen LogP contribution in [0.3, 0.4) is 0 Å². The van der Waals surface area contributed by atoms with Gasteiger partial charge in [0.15, 0.2) is 0 Å². The van der Waals surface area contributed by atoms with E-state index >= 15 is 0 Å². The second kappa shape index (κ2) is 8.09. The fourth-order valence-electron chi connectivity index (χ4n) is 3.29. The minimum Gasteiger partial charge on any atom is -0.383 e. The molecule has 0 spiro atoms. The number of carbonyl (C=O) groups excluding carboxylic acids is 1. The molecule has 1 aliphatic heterocycles. The molecule has 7 heteroatoms. The maximum Gasteiger partial charge on any atom is 0.239 e. The van der Waals surface area contributed by atoms with Gasteiger partial charge in [-0.1, -0.05) is 0 Å². The van der Waals surface area contributed by atoms with Crippen molar-refractivity contribution in [1.29, 1.82) is 0 Å². The number of amides is 1. The molecule has 1 amide bonds. The third-order valence-corrected chi connectivity index (χ3v) is 5.07. The molecule has 1 N–H and O–H groups in total. The summed E-state index contributed by atoms with van der Waals surface area (Å²) in [4.78, 5) is 17.0. The van der Waals surface area contributed by atoms with Crippen LogP contribution in [0.25, 0.3) is 0 Å². The molecule has 134 valence electrons. The highest BCUT2D eigenvalue weighted by Gasteiger charge is 2.31. The zero-order valence-electron chi connectivity index (χ0n) is 14.8. The van der Waals surface area contributed by atoms with Crippen LogP contribution in [0.2, 0.25) is 0 Å². The number of hydrogen-bond acceptors (Lipinski definition) is 5. The van der Waals surface area contributed by atoms with E-state index in [1.54, 1.807) is 13.3 Å². The normalized spacial score (nSPS) is 20.9. The van der Waals surface area contributed by atoms with E-state index in [9.17, 15) is 4.79 Å². The molecule has 24 heavy (non-hydrogen) atoms. The number of piperazine rings is 1. The maximum atomic E-state index is 12.4. The minimum absolute atomic E-state index is 0.0464. The van der Waals surface area contributed by atoms with Gasteiger partial charge >= 0.3 is 0 Å². The van der Waals surface area contributed by atoms with Gasteiger partial charge in [-0.05, 0) is 25.7 Å². The molecule has 1 saturated heterocycles. The first-order valence-corrected chi connectivity index (χ1v) is 8.94. The number of aromatic nitrogens is 2. The van der Waals surface area contributed by atoms with E-state index in [1.807, 2.05) is 10.7 Å². The fraction of sp³-hybridized carbons (Fsp3) is 0.765. The van der Waals surface area contributed by atoms with Gasteiger partial charge in [0, 0.05) is 45.9 Å². The van der Waals surface area contributed by atoms with Crippen LogP contribution >= 0.6 is 0 Å². The van der Waals surface area contributed by atoms with Crippen molar-refractivity contribution in [3.05, 3.63) is 12.3 Å². The van der Waals surface area contributed by atoms with Crippen LogP contribution < -0.4 is 5.32 Å². The summed E-state index contributed by atoms with van der Waals surface area (Å²) in [6, 6.07) is 2.25. The Morgan fingerprint density at radius 3 is 2.71 bits per heavy atom. The number of anilines is 1. The lowest BCUT2D eigenvalue weighted by Gasteiger charge is -2.34. The Hall–Kier alpha value is -1.44. The van der Waals surface area contributed by atoms with E-state index < -0.39 is 0 Å². The molecular formula is C17H29N5O2. The zero-order chi connectivity index (χ0) is 16.9. The second-order valence-electron chi connectivity index (χ2n) is 6.90. The Balaban J connectivity index is 1.44. The first-order valence-electron chi connectivity index (χ1n) is 8.94. The lowest BCUT2D eigenvalue weighted by Crippen LogP contribution is -2.49. The van der Waals surface area contributed by atoms with Gasteiger partial charge in [-0.15, -0.1) is 0 Å². The summed E-state index contributed by atoms with van der Waals surface area (Å²) >= 11 is 0. The topological polar surface area (TPSA) is 62.6 Å². The number of methoxy groups -OCH3 is 1. The molecule has 0 unspecified atom stereocenters. The Morgan fingerprint density at radius 2 is 2.04 bits per heavy atom. The SMILES string of the molecule is COCCN1CCN(CC(=O)Nc2ccnn2[C@H](C)C2CC2)CC1. The van der Waals surface area contributed by atoms with Crippen molar-refractivity contribution in [2.75, 3.05) is 58.3 Å². The zero-order valence-corrected chi connectivity index (χ0v) is 14.8. The van der Waals surface area contributed by atoms with Gasteiger partial charge in [-0.25, -0.2) is 4.68 Å². The number of ether oxygens (including phenoxy) is 1. The molecule has 0 radical (unpaired) electrons. The Morgan fingerprint density at radius 1 is 1.33 bits per heavy atom. The van der Waals surface area contributed by atoms with E-state index in [0.717, 1.165) is 45.1 Å². The summed E-state index contributed by atoms with van der Waals surface area (Å²) in [5, 5.41) is 7.42. The van der Waals surface area contributed by atoms with Crippen LogP contribution in [0.15, 0.2) is 12.3 Å².